The molecule has 0 aliphatic rings. The fourth-order valence-electron chi connectivity index (χ4n) is 0.293. The maximum absolute atomic E-state index is 10.1. The van der Waals surface area contributed by atoms with Gasteiger partial charge in [0.25, 0.3) is 0 Å². The zero-order valence-electron chi connectivity index (χ0n) is 5.29. The monoisotopic (exact) mass is 393 g/mol. The van der Waals surface area contributed by atoms with Gasteiger partial charge in [-0.15, -0.1) is 0 Å². The van der Waals surface area contributed by atoms with Crippen molar-refractivity contribution < 1.29 is 9.90 Å². The fourth-order valence-corrected chi connectivity index (χ4v) is 1.00. The molecule has 2 radical (unpaired) electrons. The Balaban J connectivity index is 0. The van der Waals surface area contributed by atoms with Crippen LogP contribution in [0.25, 0.3) is 0 Å². The first-order valence-electron chi connectivity index (χ1n) is 2.23. The van der Waals surface area contributed by atoms with Crippen LogP contribution in [0.1, 0.15) is 0 Å². The summed E-state index contributed by atoms with van der Waals surface area (Å²) >= 11 is 2.23. The van der Waals surface area contributed by atoms with E-state index in [0.717, 1.165) is 0 Å². The summed E-state index contributed by atoms with van der Waals surface area (Å²) in [6.45, 7) is 0. The second kappa shape index (κ2) is 6.98. The Morgan fingerprint density at radius 1 is 1.89 bits per heavy atom. The van der Waals surface area contributed by atoms with E-state index >= 15 is 0 Å². The van der Waals surface area contributed by atoms with Crippen LogP contribution in [0.4, 0.5) is 0 Å². The molecule has 1 atom stereocenters. The number of likely N-dealkylation sites (N-methyl/N-ethyl adjacent to an activating group) is 1. The van der Waals surface area contributed by atoms with Crippen LogP contribution in [0, 0.1) is 0 Å². The van der Waals surface area contributed by atoms with Crippen LogP contribution < -0.4 is 5.32 Å². The normalized spacial score (nSPS) is 11.8. The Morgan fingerprint density at radius 3 is 2.33 bits per heavy atom. The number of carboxylic acids is 1. The number of aliphatic carboxylic acids is 1. The van der Waals surface area contributed by atoms with Crippen LogP contribution in [-0.4, -0.2) is 67.5 Å². The van der Waals surface area contributed by atoms with Crippen LogP contribution >= 0.6 is 0 Å². The van der Waals surface area contributed by atoms with Crippen LogP contribution in [-0.2, 0) is 4.79 Å². The Kier molecular flexibility index (Phi) is 9.73. The molecule has 0 aromatic rings. The number of carboxylic acid groups (broad SMARTS) is 1. The predicted octanol–water partition coefficient (Wildman–Crippen LogP) is -1.94. The average Bonchev–Trinajstić information content (AvgIpc) is 1.69. The quantitative estimate of drug-likeness (QED) is 0.551. The van der Waals surface area contributed by atoms with E-state index in [1.54, 1.807) is 7.05 Å². The van der Waals surface area contributed by atoms with E-state index in [1.807, 2.05) is 0 Å². The van der Waals surface area contributed by atoms with E-state index in [9.17, 15) is 4.79 Å². The second-order valence-electron chi connectivity index (χ2n) is 1.36. The van der Waals surface area contributed by atoms with Crippen molar-refractivity contribution in [2.75, 3.05) is 7.05 Å². The molecule has 9 heavy (non-hydrogen) atoms. The van der Waals surface area contributed by atoms with Crippen molar-refractivity contribution in [1.29, 1.82) is 0 Å². The molecule has 0 aromatic heterocycles. The topological polar surface area (TPSA) is 49.3 Å². The Morgan fingerprint density at radius 2 is 2.33 bits per heavy atom. The summed E-state index contributed by atoms with van der Waals surface area (Å²) in [6, 6.07) is -0.407. The molecule has 0 rings (SSSR count). The van der Waals surface area contributed by atoms with Gasteiger partial charge >= 0.3 is 82.9 Å². The van der Waals surface area contributed by atoms with Gasteiger partial charge in [0, 0.05) is 0 Å². The number of nitrogens with one attached hydrogen (secondary N) is 1. The summed E-state index contributed by atoms with van der Waals surface area (Å²) in [5, 5.41) is 11.5. The summed E-state index contributed by atoms with van der Waals surface area (Å²) in [5.74, 6) is -0.798. The van der Waals surface area contributed by atoms with Crippen molar-refractivity contribution in [3.05, 3.63) is 0 Å². The van der Waals surface area contributed by atoms with Crippen molar-refractivity contribution in [1.82, 2.24) is 5.32 Å². The molecule has 0 heterocycles. The summed E-state index contributed by atoms with van der Waals surface area (Å²) in [5.41, 5.74) is 0. The zero-order valence-corrected chi connectivity index (χ0v) is 12.7. The van der Waals surface area contributed by atoms with Gasteiger partial charge in [-0.25, -0.2) is 0 Å². The number of hydrogen-bond donors (Lipinski definition) is 2. The molecule has 0 spiro atoms. The summed E-state index contributed by atoms with van der Waals surface area (Å²) in [6.07, 6.45) is 0. The van der Waals surface area contributed by atoms with Gasteiger partial charge in [-0.1, -0.05) is 0 Å². The van der Waals surface area contributed by atoms with Crippen molar-refractivity contribution in [3.63, 3.8) is 0 Å². The van der Waals surface area contributed by atoms with Gasteiger partial charge in [-0.3, -0.25) is 0 Å². The SMILES string of the molecule is CNC(C[SeH])C(=O)O.[PbH2]. The molecule has 0 bridgehead atoms. The maximum atomic E-state index is 10.1. The van der Waals surface area contributed by atoms with Gasteiger partial charge < -0.3 is 0 Å². The molecule has 0 aliphatic heterocycles. The zero-order chi connectivity index (χ0) is 6.57. The molecule has 0 amide bonds. The van der Waals surface area contributed by atoms with Gasteiger partial charge in [-0.05, 0) is 0 Å². The minimum atomic E-state index is -0.798. The predicted molar refractivity (Wildman–Crippen MR) is 41.0 cm³/mol. The Bertz CT molecular complexity index is 86.6. The second-order valence-corrected chi connectivity index (χ2v) is 2.13. The van der Waals surface area contributed by atoms with E-state index in [4.69, 9.17) is 5.11 Å². The minimum absolute atomic E-state index is 0. The third-order valence-corrected chi connectivity index (χ3v) is 1.60. The first-order chi connectivity index (χ1) is 3.72. The molecule has 5 heteroatoms. The van der Waals surface area contributed by atoms with Crippen molar-refractivity contribution in [2.45, 2.75) is 11.4 Å². The molecule has 2 N–H and O–H groups in total. The first kappa shape index (κ1) is 12.5. The third kappa shape index (κ3) is 5.32. The first-order valence-corrected chi connectivity index (χ1v) is 3.56. The fraction of sp³-hybridized carbons (Fsp3) is 0.750. The standard InChI is InChI=1S/C4H9NO2Se.Pb.2H/c1-5-3(2-8)4(6)7;;;/h3,5,8H,2H2,1H3,(H,6,7);;;. The molecule has 3 nitrogen and oxygen atoms in total. The molecule has 0 aromatic carbocycles. The van der Waals surface area contributed by atoms with Crippen LogP contribution in [0.3, 0.4) is 0 Å². The Labute approximate surface area is 82.6 Å². The number of rotatable bonds is 3. The molecule has 54 valence electrons. The van der Waals surface area contributed by atoms with E-state index in [1.165, 1.54) is 0 Å². The molecular formula is C4H11NO2PbSe. The molecule has 1 unspecified atom stereocenters. The van der Waals surface area contributed by atoms with Gasteiger partial charge in [0.05, 0.1) is 0 Å². The summed E-state index contributed by atoms with van der Waals surface area (Å²) < 4.78 is 0. The number of carbonyl (C=O) groups is 1. The van der Waals surface area contributed by atoms with Gasteiger partial charge in [0.15, 0.2) is 0 Å². The van der Waals surface area contributed by atoms with E-state index in [2.05, 4.69) is 21.3 Å². The molecule has 0 saturated carbocycles. The van der Waals surface area contributed by atoms with Gasteiger partial charge in [0.1, 0.15) is 0 Å². The van der Waals surface area contributed by atoms with Crippen LogP contribution in [0.2, 0.25) is 5.32 Å². The molecule has 0 saturated heterocycles. The molecule has 0 aliphatic carbocycles. The summed E-state index contributed by atoms with van der Waals surface area (Å²) in [7, 11) is 1.63. The van der Waals surface area contributed by atoms with Crippen LogP contribution in [0.5, 0.6) is 0 Å². The van der Waals surface area contributed by atoms with E-state index in [0.29, 0.717) is 5.32 Å². The van der Waals surface area contributed by atoms with Crippen molar-refractivity contribution in [2.24, 2.45) is 0 Å². The summed E-state index contributed by atoms with van der Waals surface area (Å²) in [4.78, 5) is 10.1. The third-order valence-electron chi connectivity index (χ3n) is 0.829. The molecule has 0 fully saturated rings. The van der Waals surface area contributed by atoms with Gasteiger partial charge in [-0.2, -0.15) is 0 Å². The van der Waals surface area contributed by atoms with Crippen molar-refractivity contribution >= 4 is 49.3 Å². The number of hydrogen-bond acceptors (Lipinski definition) is 2. The van der Waals surface area contributed by atoms with E-state index < -0.39 is 12.0 Å². The average molecular weight is 391 g/mol. The molecular weight excluding hydrogens is 380 g/mol. The Hall–Kier alpha value is 0.872. The van der Waals surface area contributed by atoms with Gasteiger partial charge in [0.2, 0.25) is 0 Å². The van der Waals surface area contributed by atoms with Crippen molar-refractivity contribution in [3.8, 4) is 0 Å². The van der Waals surface area contributed by atoms with E-state index in [-0.39, 0.29) is 27.3 Å². The van der Waals surface area contributed by atoms with Crippen LogP contribution in [0.15, 0.2) is 0 Å².